The Morgan fingerprint density at radius 1 is 1.30 bits per heavy atom. The molecular formula is C16H20FN3. The lowest BCUT2D eigenvalue weighted by molar-refractivity contribution is 0.606. The van der Waals surface area contributed by atoms with Gasteiger partial charge in [-0.2, -0.15) is 0 Å². The van der Waals surface area contributed by atoms with E-state index < -0.39 is 0 Å². The van der Waals surface area contributed by atoms with Crippen molar-refractivity contribution in [2.75, 3.05) is 6.54 Å². The first-order valence-corrected chi connectivity index (χ1v) is 7.21. The minimum absolute atomic E-state index is 0.199. The van der Waals surface area contributed by atoms with Crippen LogP contribution in [0.1, 0.15) is 31.1 Å². The number of aromatic nitrogens is 2. The smallest absolute Gasteiger partial charge is 0.123 e. The van der Waals surface area contributed by atoms with E-state index >= 15 is 0 Å². The van der Waals surface area contributed by atoms with Gasteiger partial charge in [0.1, 0.15) is 11.6 Å². The Kier molecular flexibility index (Phi) is 3.57. The number of benzene rings is 1. The van der Waals surface area contributed by atoms with Crippen molar-refractivity contribution in [1.29, 1.82) is 0 Å². The van der Waals surface area contributed by atoms with Crippen LogP contribution in [-0.4, -0.2) is 16.1 Å². The van der Waals surface area contributed by atoms with Crippen LogP contribution in [0.25, 0.3) is 5.69 Å². The second-order valence-corrected chi connectivity index (χ2v) is 5.76. The summed E-state index contributed by atoms with van der Waals surface area (Å²) in [5.41, 5.74) is 3.42. The average Bonchev–Trinajstić information content (AvgIpc) is 2.77. The third-order valence-electron chi connectivity index (χ3n) is 3.63. The van der Waals surface area contributed by atoms with Gasteiger partial charge in [0.2, 0.25) is 0 Å². The molecule has 0 bridgehead atoms. The molecule has 0 amide bonds. The van der Waals surface area contributed by atoms with Gasteiger partial charge in [0.05, 0.1) is 5.69 Å². The van der Waals surface area contributed by atoms with Crippen LogP contribution in [0.3, 0.4) is 0 Å². The maximum atomic E-state index is 13.1. The van der Waals surface area contributed by atoms with Crippen LogP contribution in [0.5, 0.6) is 0 Å². The molecule has 1 N–H and O–H groups in total. The number of hydrogen-bond donors (Lipinski definition) is 1. The highest BCUT2D eigenvalue weighted by Crippen LogP contribution is 2.23. The molecule has 1 aromatic heterocycles. The zero-order chi connectivity index (χ0) is 14.1. The Bertz CT molecular complexity index is 599. The number of hydrogen-bond acceptors (Lipinski definition) is 2. The monoisotopic (exact) mass is 273 g/mol. The van der Waals surface area contributed by atoms with E-state index in [1.54, 1.807) is 0 Å². The van der Waals surface area contributed by atoms with E-state index in [2.05, 4.69) is 23.7 Å². The molecule has 1 aromatic carbocycles. The van der Waals surface area contributed by atoms with Crippen LogP contribution in [0.2, 0.25) is 0 Å². The van der Waals surface area contributed by atoms with E-state index in [4.69, 9.17) is 4.98 Å². The van der Waals surface area contributed by atoms with E-state index in [9.17, 15) is 4.39 Å². The Hall–Kier alpha value is -1.68. The molecule has 0 radical (unpaired) electrons. The first kappa shape index (κ1) is 13.3. The maximum absolute atomic E-state index is 13.1. The average molecular weight is 273 g/mol. The molecule has 3 rings (SSSR count). The predicted octanol–water partition coefficient (Wildman–Crippen LogP) is 2.86. The van der Waals surface area contributed by atoms with Crippen LogP contribution in [0.4, 0.5) is 4.39 Å². The maximum Gasteiger partial charge on any atom is 0.123 e. The van der Waals surface area contributed by atoms with Crippen molar-refractivity contribution >= 4 is 0 Å². The van der Waals surface area contributed by atoms with Crippen molar-refractivity contribution in [1.82, 2.24) is 14.9 Å². The Morgan fingerprint density at radius 2 is 2.05 bits per heavy atom. The van der Waals surface area contributed by atoms with E-state index in [0.29, 0.717) is 5.92 Å². The number of rotatable bonds is 3. The summed E-state index contributed by atoms with van der Waals surface area (Å²) in [5.74, 6) is 1.43. The summed E-state index contributed by atoms with van der Waals surface area (Å²) in [5, 5.41) is 3.36. The molecular weight excluding hydrogens is 253 g/mol. The van der Waals surface area contributed by atoms with Crippen molar-refractivity contribution < 1.29 is 4.39 Å². The van der Waals surface area contributed by atoms with Crippen molar-refractivity contribution in [3.8, 4) is 5.69 Å². The Labute approximate surface area is 118 Å². The van der Waals surface area contributed by atoms with E-state index in [1.807, 2.05) is 12.1 Å². The van der Waals surface area contributed by atoms with Gasteiger partial charge in [0.15, 0.2) is 0 Å². The largest absolute Gasteiger partial charge is 0.311 e. The molecule has 2 heterocycles. The van der Waals surface area contributed by atoms with Crippen molar-refractivity contribution in [2.24, 2.45) is 5.92 Å². The summed E-state index contributed by atoms with van der Waals surface area (Å²) in [4.78, 5) is 4.80. The molecule has 0 spiro atoms. The summed E-state index contributed by atoms with van der Waals surface area (Å²) >= 11 is 0. The highest BCUT2D eigenvalue weighted by molar-refractivity contribution is 5.38. The van der Waals surface area contributed by atoms with Crippen LogP contribution < -0.4 is 5.32 Å². The lowest BCUT2D eigenvalue weighted by atomic mass is 10.1. The van der Waals surface area contributed by atoms with Gasteiger partial charge in [-0.25, -0.2) is 9.37 Å². The van der Waals surface area contributed by atoms with Gasteiger partial charge in [-0.15, -0.1) is 0 Å². The van der Waals surface area contributed by atoms with Crippen LogP contribution >= 0.6 is 0 Å². The lowest BCUT2D eigenvalue weighted by Gasteiger charge is -2.16. The second-order valence-electron chi connectivity index (χ2n) is 5.76. The molecule has 1 aliphatic rings. The van der Waals surface area contributed by atoms with E-state index in [0.717, 1.165) is 43.1 Å². The van der Waals surface area contributed by atoms with Gasteiger partial charge in [-0.3, -0.25) is 0 Å². The first-order chi connectivity index (χ1) is 9.65. The van der Waals surface area contributed by atoms with E-state index in [-0.39, 0.29) is 5.82 Å². The number of fused-ring (bicyclic) bond motifs is 1. The van der Waals surface area contributed by atoms with Crippen LogP contribution in [0.15, 0.2) is 24.3 Å². The molecule has 106 valence electrons. The summed E-state index contributed by atoms with van der Waals surface area (Å²) in [6.45, 7) is 6.19. The fourth-order valence-electron chi connectivity index (χ4n) is 2.76. The molecule has 0 aliphatic carbocycles. The van der Waals surface area contributed by atoms with Gasteiger partial charge < -0.3 is 9.88 Å². The molecule has 0 saturated carbocycles. The predicted molar refractivity (Wildman–Crippen MR) is 77.5 cm³/mol. The van der Waals surface area contributed by atoms with Crippen molar-refractivity contribution in [2.45, 2.75) is 33.2 Å². The standard InChI is InChI=1S/C16H20FN3/c1-11(2)9-16-19-14-10-18-8-7-15(14)20(16)13-5-3-12(17)4-6-13/h3-6,11,18H,7-10H2,1-2H3. The van der Waals surface area contributed by atoms with Gasteiger partial charge >= 0.3 is 0 Å². The molecule has 3 nitrogen and oxygen atoms in total. The Balaban J connectivity index is 2.10. The zero-order valence-electron chi connectivity index (χ0n) is 12.0. The minimum Gasteiger partial charge on any atom is -0.311 e. The fraction of sp³-hybridized carbons (Fsp3) is 0.438. The third-order valence-corrected chi connectivity index (χ3v) is 3.63. The van der Waals surface area contributed by atoms with Crippen LogP contribution in [0, 0.1) is 11.7 Å². The molecule has 0 saturated heterocycles. The highest BCUT2D eigenvalue weighted by atomic mass is 19.1. The normalized spacial score (nSPS) is 14.6. The number of nitrogens with one attached hydrogen (secondary N) is 1. The summed E-state index contributed by atoms with van der Waals surface area (Å²) < 4.78 is 15.4. The molecule has 20 heavy (non-hydrogen) atoms. The van der Waals surface area contributed by atoms with Gasteiger partial charge in [-0.1, -0.05) is 13.8 Å². The minimum atomic E-state index is -0.199. The number of halogens is 1. The molecule has 1 aliphatic heterocycles. The van der Waals surface area contributed by atoms with Crippen molar-refractivity contribution in [3.63, 3.8) is 0 Å². The summed E-state index contributed by atoms with van der Waals surface area (Å²) in [6.07, 6.45) is 1.90. The van der Waals surface area contributed by atoms with Crippen molar-refractivity contribution in [3.05, 3.63) is 47.3 Å². The van der Waals surface area contributed by atoms with Crippen LogP contribution in [-0.2, 0) is 19.4 Å². The summed E-state index contributed by atoms with van der Waals surface area (Å²) in [7, 11) is 0. The number of nitrogens with zero attached hydrogens (tertiary/aromatic N) is 2. The fourth-order valence-corrected chi connectivity index (χ4v) is 2.76. The molecule has 2 aromatic rings. The molecule has 4 heteroatoms. The summed E-state index contributed by atoms with van der Waals surface area (Å²) in [6, 6.07) is 6.70. The number of imidazole rings is 1. The van der Waals surface area contributed by atoms with Gasteiger partial charge in [0.25, 0.3) is 0 Å². The van der Waals surface area contributed by atoms with Gasteiger partial charge in [0, 0.05) is 37.3 Å². The molecule has 0 atom stereocenters. The Morgan fingerprint density at radius 3 is 2.75 bits per heavy atom. The molecule has 0 fully saturated rings. The zero-order valence-corrected chi connectivity index (χ0v) is 12.0. The van der Waals surface area contributed by atoms with Gasteiger partial charge in [-0.05, 0) is 30.2 Å². The third kappa shape index (κ3) is 2.48. The molecule has 0 unspecified atom stereocenters. The highest BCUT2D eigenvalue weighted by Gasteiger charge is 2.21. The quantitative estimate of drug-likeness (QED) is 0.932. The lowest BCUT2D eigenvalue weighted by Crippen LogP contribution is -2.24. The SMILES string of the molecule is CC(C)Cc1nc2c(n1-c1ccc(F)cc1)CCNC2. The first-order valence-electron chi connectivity index (χ1n) is 7.21. The van der Waals surface area contributed by atoms with E-state index in [1.165, 1.54) is 17.8 Å². The topological polar surface area (TPSA) is 29.9 Å². The second kappa shape index (κ2) is 5.37.